The van der Waals surface area contributed by atoms with Crippen LogP contribution in [-0.4, -0.2) is 6.61 Å². The second kappa shape index (κ2) is 4.33. The Bertz CT molecular complexity index is 330. The molecule has 0 atom stereocenters. The van der Waals surface area contributed by atoms with E-state index < -0.39 is 0 Å². The van der Waals surface area contributed by atoms with Gasteiger partial charge < -0.3 is 10.2 Å². The maximum Gasteiger partial charge on any atom is 0.143 e. The molecule has 0 aliphatic carbocycles. The van der Waals surface area contributed by atoms with E-state index in [-0.39, 0.29) is 0 Å². The van der Waals surface area contributed by atoms with Crippen molar-refractivity contribution >= 4 is 5.69 Å². The molecule has 0 aliphatic heterocycles. The highest BCUT2D eigenvalue weighted by Crippen LogP contribution is 2.24. The zero-order valence-corrected chi connectivity index (χ0v) is 7.37. The first-order valence-electron chi connectivity index (χ1n) is 3.95. The number of hydrazine groups is 1. The summed E-state index contributed by atoms with van der Waals surface area (Å²) in [6.45, 7) is 2.46. The lowest BCUT2D eigenvalue weighted by Gasteiger charge is -2.08. The first-order valence-corrected chi connectivity index (χ1v) is 3.95. The lowest BCUT2D eigenvalue weighted by atomic mass is 10.2. The summed E-state index contributed by atoms with van der Waals surface area (Å²) >= 11 is 0. The molecular weight excluding hydrogens is 166 g/mol. The van der Waals surface area contributed by atoms with E-state index in [1.54, 1.807) is 18.2 Å². The van der Waals surface area contributed by atoms with Crippen LogP contribution >= 0.6 is 0 Å². The minimum Gasteiger partial charge on any atom is -0.492 e. The number of nitrogens with one attached hydrogen (secondary N) is 1. The van der Waals surface area contributed by atoms with Gasteiger partial charge in [-0.15, -0.1) is 0 Å². The molecule has 0 saturated carbocycles. The Morgan fingerprint density at radius 1 is 1.62 bits per heavy atom. The molecule has 1 aromatic carbocycles. The minimum absolute atomic E-state index is 0.552. The van der Waals surface area contributed by atoms with Crippen molar-refractivity contribution in [2.45, 2.75) is 6.92 Å². The van der Waals surface area contributed by atoms with Gasteiger partial charge in [-0.05, 0) is 25.1 Å². The molecule has 1 aromatic rings. The summed E-state index contributed by atoms with van der Waals surface area (Å²) in [6.07, 6.45) is 0. The van der Waals surface area contributed by atoms with E-state index in [1.807, 2.05) is 13.0 Å². The summed E-state index contributed by atoms with van der Waals surface area (Å²) in [5.74, 6) is 5.92. The maximum atomic E-state index is 8.62. The standard InChI is InChI=1S/C9H11N3O/c1-2-13-9-4-3-7(6-10)5-8(9)12-11/h3-5,12H,2,11H2,1H3. The average molecular weight is 177 g/mol. The molecule has 1 rings (SSSR count). The topological polar surface area (TPSA) is 71.1 Å². The maximum absolute atomic E-state index is 8.62. The highest BCUT2D eigenvalue weighted by atomic mass is 16.5. The first kappa shape index (κ1) is 9.36. The Hall–Kier alpha value is -1.73. The highest BCUT2D eigenvalue weighted by Gasteiger charge is 2.02. The third-order valence-corrected chi connectivity index (χ3v) is 1.56. The highest BCUT2D eigenvalue weighted by molar-refractivity contribution is 5.59. The van der Waals surface area contributed by atoms with Crippen molar-refractivity contribution in [2.24, 2.45) is 5.84 Å². The number of anilines is 1. The van der Waals surface area contributed by atoms with Crippen molar-refractivity contribution in [1.29, 1.82) is 5.26 Å². The fourth-order valence-corrected chi connectivity index (χ4v) is 0.994. The van der Waals surface area contributed by atoms with E-state index in [9.17, 15) is 0 Å². The Kier molecular flexibility index (Phi) is 3.12. The van der Waals surface area contributed by atoms with Gasteiger partial charge in [-0.25, -0.2) is 0 Å². The predicted molar refractivity (Wildman–Crippen MR) is 50.1 cm³/mol. The summed E-state index contributed by atoms with van der Waals surface area (Å²) in [6, 6.07) is 7.07. The average Bonchev–Trinajstić information content (AvgIpc) is 2.19. The van der Waals surface area contributed by atoms with Gasteiger partial charge in [-0.1, -0.05) is 0 Å². The van der Waals surface area contributed by atoms with Crippen LogP contribution < -0.4 is 16.0 Å². The van der Waals surface area contributed by atoms with Crippen LogP contribution in [0.15, 0.2) is 18.2 Å². The van der Waals surface area contributed by atoms with Crippen molar-refractivity contribution in [1.82, 2.24) is 0 Å². The number of ether oxygens (including phenoxy) is 1. The van der Waals surface area contributed by atoms with Gasteiger partial charge in [0.25, 0.3) is 0 Å². The van der Waals surface area contributed by atoms with Crippen molar-refractivity contribution in [3.05, 3.63) is 23.8 Å². The number of nitrogens with two attached hydrogens (primary N) is 1. The van der Waals surface area contributed by atoms with E-state index in [4.69, 9.17) is 15.8 Å². The molecular formula is C9H11N3O. The molecule has 0 saturated heterocycles. The van der Waals surface area contributed by atoms with E-state index in [2.05, 4.69) is 5.43 Å². The van der Waals surface area contributed by atoms with Crippen LogP contribution in [0.1, 0.15) is 12.5 Å². The third kappa shape index (κ3) is 2.10. The third-order valence-electron chi connectivity index (χ3n) is 1.56. The molecule has 0 spiro atoms. The van der Waals surface area contributed by atoms with Gasteiger partial charge in [-0.2, -0.15) is 5.26 Å². The van der Waals surface area contributed by atoms with Crippen molar-refractivity contribution in [3.63, 3.8) is 0 Å². The zero-order valence-electron chi connectivity index (χ0n) is 7.37. The van der Waals surface area contributed by atoms with E-state index in [0.29, 0.717) is 23.6 Å². The number of rotatable bonds is 3. The molecule has 0 heterocycles. The van der Waals surface area contributed by atoms with E-state index >= 15 is 0 Å². The van der Waals surface area contributed by atoms with Gasteiger partial charge in [0, 0.05) is 0 Å². The molecule has 0 radical (unpaired) electrons. The first-order chi connectivity index (χ1) is 6.31. The molecule has 0 unspecified atom stereocenters. The fraction of sp³-hybridized carbons (Fsp3) is 0.222. The molecule has 3 N–H and O–H groups in total. The summed E-state index contributed by atoms with van der Waals surface area (Å²) in [7, 11) is 0. The molecule has 4 nitrogen and oxygen atoms in total. The van der Waals surface area contributed by atoms with Gasteiger partial charge in [0.15, 0.2) is 0 Å². The van der Waals surface area contributed by atoms with Crippen LogP contribution in [-0.2, 0) is 0 Å². The molecule has 0 bridgehead atoms. The van der Waals surface area contributed by atoms with Crippen LogP contribution in [0.5, 0.6) is 5.75 Å². The minimum atomic E-state index is 0.552. The number of hydrogen-bond donors (Lipinski definition) is 2. The molecule has 68 valence electrons. The van der Waals surface area contributed by atoms with Gasteiger partial charge in [0.2, 0.25) is 0 Å². The van der Waals surface area contributed by atoms with Crippen LogP contribution in [0.4, 0.5) is 5.69 Å². The normalized spacial score (nSPS) is 9.00. The van der Waals surface area contributed by atoms with Gasteiger partial charge >= 0.3 is 0 Å². The van der Waals surface area contributed by atoms with Crippen LogP contribution in [0.25, 0.3) is 0 Å². The van der Waals surface area contributed by atoms with Crippen molar-refractivity contribution in [3.8, 4) is 11.8 Å². The number of hydrogen-bond acceptors (Lipinski definition) is 4. The lowest BCUT2D eigenvalue weighted by Crippen LogP contribution is -2.09. The number of nitrogens with zero attached hydrogens (tertiary/aromatic N) is 1. The second-order valence-electron chi connectivity index (χ2n) is 2.40. The van der Waals surface area contributed by atoms with Crippen molar-refractivity contribution < 1.29 is 4.74 Å². The van der Waals surface area contributed by atoms with Gasteiger partial charge in [0.1, 0.15) is 5.75 Å². The Morgan fingerprint density at radius 3 is 2.92 bits per heavy atom. The molecule has 0 aromatic heterocycles. The molecule has 13 heavy (non-hydrogen) atoms. The number of benzene rings is 1. The smallest absolute Gasteiger partial charge is 0.143 e. The van der Waals surface area contributed by atoms with Gasteiger partial charge in [0.05, 0.1) is 23.9 Å². The molecule has 4 heteroatoms. The lowest BCUT2D eigenvalue weighted by molar-refractivity contribution is 0.341. The Balaban J connectivity index is 3.02. The molecule has 0 fully saturated rings. The summed E-state index contributed by atoms with van der Waals surface area (Å²) in [5.41, 5.74) is 3.66. The number of nitriles is 1. The molecule has 0 aliphatic rings. The quantitative estimate of drug-likeness (QED) is 0.538. The van der Waals surface area contributed by atoms with Gasteiger partial charge in [-0.3, -0.25) is 5.84 Å². The monoisotopic (exact) mass is 177 g/mol. The van der Waals surface area contributed by atoms with Crippen molar-refractivity contribution in [2.75, 3.05) is 12.0 Å². The van der Waals surface area contributed by atoms with Crippen LogP contribution in [0.3, 0.4) is 0 Å². The summed E-state index contributed by atoms with van der Waals surface area (Å²) in [5, 5.41) is 8.62. The fourth-order valence-electron chi connectivity index (χ4n) is 0.994. The van der Waals surface area contributed by atoms with E-state index in [0.717, 1.165) is 0 Å². The number of nitrogen functional groups attached to an aromatic ring is 1. The second-order valence-corrected chi connectivity index (χ2v) is 2.40. The largest absolute Gasteiger partial charge is 0.492 e. The zero-order chi connectivity index (χ0) is 9.68. The molecule has 0 amide bonds. The van der Waals surface area contributed by atoms with E-state index in [1.165, 1.54) is 0 Å². The predicted octanol–water partition coefficient (Wildman–Crippen LogP) is 1.24. The van der Waals surface area contributed by atoms with Crippen LogP contribution in [0, 0.1) is 11.3 Å². The SMILES string of the molecule is CCOc1ccc(C#N)cc1NN. The summed E-state index contributed by atoms with van der Waals surface area (Å²) < 4.78 is 5.28. The Morgan fingerprint density at radius 2 is 2.38 bits per heavy atom. The summed E-state index contributed by atoms with van der Waals surface area (Å²) in [4.78, 5) is 0. The Labute approximate surface area is 76.9 Å². The van der Waals surface area contributed by atoms with Crippen LogP contribution in [0.2, 0.25) is 0 Å².